The second-order valence-electron chi connectivity index (χ2n) is 6.73. The van der Waals surface area contributed by atoms with Crippen LogP contribution in [0.25, 0.3) is 11.0 Å². The topological polar surface area (TPSA) is 86.3 Å². The molecule has 3 rings (SSSR count). The number of rotatable bonds is 10. The van der Waals surface area contributed by atoms with Crippen LogP contribution < -0.4 is 39.0 Å². The Morgan fingerprint density at radius 1 is 1.27 bits per heavy atom. The number of hydrogen-bond acceptors (Lipinski definition) is 6. The summed E-state index contributed by atoms with van der Waals surface area (Å²) in [6.07, 6.45) is 2.87. The minimum Gasteiger partial charge on any atom is -1.00 e. The summed E-state index contributed by atoms with van der Waals surface area (Å²) in [4.78, 5) is 11.9. The molecular formula is C21H28N3NaO4S. The smallest absolute Gasteiger partial charge is 1.00 e. The molecule has 0 aliphatic rings. The van der Waals surface area contributed by atoms with Gasteiger partial charge in [0.1, 0.15) is 18.1 Å². The van der Waals surface area contributed by atoms with Crippen molar-refractivity contribution in [3.8, 4) is 11.5 Å². The van der Waals surface area contributed by atoms with E-state index >= 15 is 0 Å². The number of methoxy groups -OCH3 is 1. The van der Waals surface area contributed by atoms with Crippen LogP contribution in [-0.2, 0) is 21.3 Å². The quantitative estimate of drug-likeness (QED) is 0.372. The molecule has 3 aromatic rings. The number of ether oxygens (including phenoxy) is 3. The predicted molar refractivity (Wildman–Crippen MR) is 114 cm³/mol. The van der Waals surface area contributed by atoms with E-state index < -0.39 is 10.8 Å². The van der Waals surface area contributed by atoms with Gasteiger partial charge in [-0.05, 0) is 38.5 Å². The Kier molecular flexibility index (Phi) is 9.77. The maximum atomic E-state index is 12.9. The molecule has 1 aromatic carbocycles. The molecule has 0 spiro atoms. The number of benzene rings is 1. The van der Waals surface area contributed by atoms with Gasteiger partial charge < -0.3 is 20.6 Å². The molecule has 0 amide bonds. The molecule has 2 heterocycles. The predicted octanol–water partition coefficient (Wildman–Crippen LogP) is 0.893. The molecule has 0 saturated heterocycles. The first-order valence-electron chi connectivity index (χ1n) is 9.62. The van der Waals surface area contributed by atoms with Crippen molar-refractivity contribution in [2.24, 2.45) is 0 Å². The van der Waals surface area contributed by atoms with Gasteiger partial charge in [-0.3, -0.25) is 9.19 Å². The summed E-state index contributed by atoms with van der Waals surface area (Å²) in [5.74, 6) is 1.70. The summed E-state index contributed by atoms with van der Waals surface area (Å²) in [6.45, 7) is 7.04. The number of aromatic nitrogens is 3. The number of hydrogen-bond donors (Lipinski definition) is 1. The van der Waals surface area contributed by atoms with Gasteiger partial charge >= 0.3 is 29.6 Å². The molecule has 2 unspecified atom stereocenters. The van der Waals surface area contributed by atoms with Crippen LogP contribution in [0.1, 0.15) is 33.0 Å². The monoisotopic (exact) mass is 441 g/mol. The molecule has 0 radical (unpaired) electrons. The van der Waals surface area contributed by atoms with Gasteiger partial charge in [0, 0.05) is 17.8 Å². The number of H-pyrrole nitrogens is 1. The van der Waals surface area contributed by atoms with Crippen molar-refractivity contribution in [1.82, 2.24) is 15.0 Å². The second-order valence-corrected chi connectivity index (χ2v) is 8.10. The van der Waals surface area contributed by atoms with Crippen LogP contribution in [0.3, 0.4) is 0 Å². The molecule has 9 heteroatoms. The van der Waals surface area contributed by atoms with E-state index in [1.54, 1.807) is 13.3 Å². The molecule has 2 aromatic heterocycles. The summed E-state index contributed by atoms with van der Waals surface area (Å²) >= 11 is 0. The first-order chi connectivity index (χ1) is 14.0. The number of pyridine rings is 1. The molecule has 0 fully saturated rings. The van der Waals surface area contributed by atoms with Crippen LogP contribution in [-0.4, -0.2) is 45.6 Å². The van der Waals surface area contributed by atoms with Gasteiger partial charge in [0.05, 0.1) is 53.1 Å². The molecule has 1 N–H and O–H groups in total. The van der Waals surface area contributed by atoms with Crippen LogP contribution in [0.2, 0.25) is 0 Å². The van der Waals surface area contributed by atoms with Gasteiger partial charge in [-0.15, -0.1) is 0 Å². The molecule has 0 saturated carbocycles. The van der Waals surface area contributed by atoms with E-state index in [-0.39, 0.29) is 42.8 Å². The molecule has 0 aliphatic heterocycles. The van der Waals surface area contributed by atoms with E-state index in [0.29, 0.717) is 18.4 Å². The fourth-order valence-electron chi connectivity index (χ4n) is 2.77. The third-order valence-electron chi connectivity index (χ3n) is 4.73. The SMILES string of the molecule is CCC(C)OCCOc1ccnc(CS(=O)c2nc3ccc(OC)cc3[nH]2)c1C.[H-].[Na+]. The minimum absolute atomic E-state index is 0. The van der Waals surface area contributed by atoms with Gasteiger partial charge in [0.2, 0.25) is 0 Å². The normalized spacial score (nSPS) is 12.9. The van der Waals surface area contributed by atoms with Gasteiger partial charge in [0.25, 0.3) is 0 Å². The van der Waals surface area contributed by atoms with Crippen LogP contribution >= 0.6 is 0 Å². The first-order valence-corrected chi connectivity index (χ1v) is 10.9. The summed E-state index contributed by atoms with van der Waals surface area (Å²) in [7, 11) is 0.249. The van der Waals surface area contributed by atoms with E-state index in [1.165, 1.54) is 0 Å². The van der Waals surface area contributed by atoms with Crippen molar-refractivity contribution >= 4 is 21.8 Å². The Bertz CT molecular complexity index is 1000. The summed E-state index contributed by atoms with van der Waals surface area (Å²) in [5, 5.41) is 0.419. The molecule has 7 nitrogen and oxygen atoms in total. The number of imidazole rings is 1. The van der Waals surface area contributed by atoms with Crippen LogP contribution in [0.15, 0.2) is 35.6 Å². The number of aromatic amines is 1. The molecule has 0 aliphatic carbocycles. The Hall–Kier alpha value is -1.45. The zero-order valence-corrected chi connectivity index (χ0v) is 21.0. The van der Waals surface area contributed by atoms with Gasteiger partial charge in [-0.1, -0.05) is 6.92 Å². The van der Waals surface area contributed by atoms with E-state index in [2.05, 4.69) is 21.9 Å². The number of fused-ring (bicyclic) bond motifs is 1. The Morgan fingerprint density at radius 3 is 2.80 bits per heavy atom. The van der Waals surface area contributed by atoms with Crippen LogP contribution in [0.4, 0.5) is 0 Å². The van der Waals surface area contributed by atoms with E-state index in [4.69, 9.17) is 14.2 Å². The summed E-state index contributed by atoms with van der Waals surface area (Å²) in [5.41, 5.74) is 3.14. The largest absolute Gasteiger partial charge is 1.00 e. The van der Waals surface area contributed by atoms with E-state index in [9.17, 15) is 4.21 Å². The maximum Gasteiger partial charge on any atom is 1.00 e. The van der Waals surface area contributed by atoms with Crippen molar-refractivity contribution in [1.29, 1.82) is 0 Å². The number of nitrogens with zero attached hydrogens (tertiary/aromatic N) is 2. The first kappa shape index (κ1) is 24.8. The zero-order valence-electron chi connectivity index (χ0n) is 19.2. The third-order valence-corrected chi connectivity index (χ3v) is 5.89. The average Bonchev–Trinajstić information content (AvgIpc) is 3.16. The summed E-state index contributed by atoms with van der Waals surface area (Å²) in [6, 6.07) is 7.32. The zero-order chi connectivity index (χ0) is 20.8. The van der Waals surface area contributed by atoms with Crippen molar-refractivity contribution in [3.05, 3.63) is 41.7 Å². The van der Waals surface area contributed by atoms with E-state index in [0.717, 1.165) is 40.2 Å². The van der Waals surface area contributed by atoms with Gasteiger partial charge in [0.15, 0.2) is 5.16 Å². The molecule has 30 heavy (non-hydrogen) atoms. The van der Waals surface area contributed by atoms with Gasteiger partial charge in [-0.2, -0.15) is 0 Å². The second kappa shape index (κ2) is 11.8. The van der Waals surface area contributed by atoms with Crippen molar-refractivity contribution in [3.63, 3.8) is 0 Å². The van der Waals surface area contributed by atoms with Crippen molar-refractivity contribution < 1.29 is 49.4 Å². The molecule has 2 atom stereocenters. The Balaban J connectivity index is 0.00000240. The minimum atomic E-state index is -1.36. The summed E-state index contributed by atoms with van der Waals surface area (Å²) < 4.78 is 29.5. The number of nitrogens with one attached hydrogen (secondary N) is 1. The van der Waals surface area contributed by atoms with Crippen LogP contribution in [0, 0.1) is 6.92 Å². The molecular weight excluding hydrogens is 413 g/mol. The fraction of sp³-hybridized carbons (Fsp3) is 0.429. The van der Waals surface area contributed by atoms with Crippen molar-refractivity contribution in [2.45, 2.75) is 44.2 Å². The Morgan fingerprint density at radius 2 is 2.07 bits per heavy atom. The Labute approximate surface area is 203 Å². The average molecular weight is 442 g/mol. The van der Waals surface area contributed by atoms with Gasteiger partial charge in [-0.25, -0.2) is 4.98 Å². The third kappa shape index (κ3) is 6.28. The fourth-order valence-corrected chi connectivity index (χ4v) is 3.87. The van der Waals surface area contributed by atoms with Crippen molar-refractivity contribution in [2.75, 3.05) is 20.3 Å². The maximum absolute atomic E-state index is 12.9. The molecule has 158 valence electrons. The standard InChI is InChI=1S/C21H27N3O4S.Na.H/c1-5-14(2)27-10-11-28-20-8-9-22-19(15(20)3)13-29(25)21-23-17-7-6-16(26-4)12-18(17)24-21;;/h6-9,12,14H,5,10-11,13H2,1-4H3,(H,23,24);;/q;+1;-1. The molecule has 0 bridgehead atoms. The van der Waals surface area contributed by atoms with E-state index in [1.807, 2.05) is 38.1 Å². The van der Waals surface area contributed by atoms with Crippen LogP contribution in [0.5, 0.6) is 11.5 Å².